The first-order chi connectivity index (χ1) is 8.72. The van der Waals surface area contributed by atoms with Crippen molar-refractivity contribution >= 4 is 34.2 Å². The third kappa shape index (κ3) is 8.86. The predicted molar refractivity (Wildman–Crippen MR) is 82.8 cm³/mol. The van der Waals surface area contributed by atoms with Gasteiger partial charge in [0.1, 0.15) is 5.75 Å². The molecule has 0 fully saturated rings. The Morgan fingerprint density at radius 3 is 2.58 bits per heavy atom. The number of nitrogens with two attached hydrogens (primary N) is 1. The molecule has 4 nitrogen and oxygen atoms in total. The van der Waals surface area contributed by atoms with E-state index >= 15 is 0 Å². The van der Waals surface area contributed by atoms with Gasteiger partial charge in [0.15, 0.2) is 0 Å². The molecule has 0 radical (unpaired) electrons. The molecule has 6 heteroatoms. The summed E-state index contributed by atoms with van der Waals surface area (Å²) in [6.45, 7) is 1.67. The molecule has 3 N–H and O–H groups in total. The summed E-state index contributed by atoms with van der Waals surface area (Å²) in [7, 11) is 0. The van der Waals surface area contributed by atoms with Crippen molar-refractivity contribution < 1.29 is 9.53 Å². The van der Waals surface area contributed by atoms with Crippen LogP contribution in [0.1, 0.15) is 19.3 Å². The van der Waals surface area contributed by atoms with Crippen LogP contribution in [-0.2, 0) is 4.79 Å². The molecule has 0 aliphatic rings. The largest absolute Gasteiger partial charge is 0.494 e. The van der Waals surface area contributed by atoms with Crippen molar-refractivity contribution in [1.82, 2.24) is 5.32 Å². The van der Waals surface area contributed by atoms with Crippen molar-refractivity contribution in [1.29, 1.82) is 0 Å². The zero-order valence-corrected chi connectivity index (χ0v) is 13.1. The molecule has 1 aromatic carbocycles. The molecule has 108 valence electrons. The Balaban J connectivity index is 0.00000324. The van der Waals surface area contributed by atoms with Crippen LogP contribution >= 0.6 is 28.3 Å². The highest BCUT2D eigenvalue weighted by Crippen LogP contribution is 2.16. The average Bonchev–Trinajstić information content (AvgIpc) is 2.38. The van der Waals surface area contributed by atoms with Crippen LogP contribution in [0.5, 0.6) is 5.75 Å². The number of hydrogen-bond acceptors (Lipinski definition) is 3. The number of nitrogens with one attached hydrogen (secondary N) is 1. The second-order valence-electron chi connectivity index (χ2n) is 3.90. The number of unbranched alkanes of at least 4 members (excludes halogenated alkanes) is 1. The van der Waals surface area contributed by atoms with E-state index in [4.69, 9.17) is 10.5 Å². The van der Waals surface area contributed by atoms with Gasteiger partial charge in [-0.2, -0.15) is 0 Å². The Kier molecular flexibility index (Phi) is 10.6. The van der Waals surface area contributed by atoms with Gasteiger partial charge in [-0.3, -0.25) is 4.79 Å². The van der Waals surface area contributed by atoms with E-state index in [0.717, 1.165) is 23.1 Å². The quantitative estimate of drug-likeness (QED) is 0.707. The highest BCUT2D eigenvalue weighted by Gasteiger charge is 2.00. The average molecular weight is 352 g/mol. The summed E-state index contributed by atoms with van der Waals surface area (Å²) in [5, 5.41) is 2.74. The topological polar surface area (TPSA) is 64.3 Å². The molecule has 0 aliphatic heterocycles. The summed E-state index contributed by atoms with van der Waals surface area (Å²) < 4.78 is 6.59. The van der Waals surface area contributed by atoms with Gasteiger partial charge in [-0.25, -0.2) is 0 Å². The first-order valence-corrected chi connectivity index (χ1v) is 6.87. The van der Waals surface area contributed by atoms with Crippen molar-refractivity contribution in [2.45, 2.75) is 19.3 Å². The normalized spacial score (nSPS) is 9.58. The fourth-order valence-electron chi connectivity index (χ4n) is 1.41. The number of amides is 1. The number of halogens is 2. The maximum absolute atomic E-state index is 11.3. The van der Waals surface area contributed by atoms with E-state index in [9.17, 15) is 4.79 Å². The van der Waals surface area contributed by atoms with Gasteiger partial charge in [-0.15, -0.1) is 12.4 Å². The molecule has 0 spiro atoms. The SMILES string of the molecule is Cl.NCCNC(=O)CCCCOc1ccc(Br)cc1. The first kappa shape index (κ1) is 18.2. The standard InChI is InChI=1S/C13H19BrN2O2.ClH/c14-11-4-6-12(7-5-11)18-10-2-1-3-13(17)16-9-8-15;/h4-7H,1-3,8-10,15H2,(H,16,17);1H. The van der Waals surface area contributed by atoms with Gasteiger partial charge in [0, 0.05) is 24.0 Å². The van der Waals surface area contributed by atoms with E-state index in [1.807, 2.05) is 24.3 Å². The molecule has 0 bridgehead atoms. The minimum atomic E-state index is 0. The summed E-state index contributed by atoms with van der Waals surface area (Å²) in [5.74, 6) is 0.912. The lowest BCUT2D eigenvalue weighted by Crippen LogP contribution is -2.28. The second kappa shape index (κ2) is 11.1. The van der Waals surface area contributed by atoms with Gasteiger partial charge in [0.25, 0.3) is 0 Å². The Bertz CT molecular complexity index is 360. The minimum Gasteiger partial charge on any atom is -0.494 e. The molecule has 0 aromatic heterocycles. The van der Waals surface area contributed by atoms with E-state index < -0.39 is 0 Å². The first-order valence-electron chi connectivity index (χ1n) is 6.07. The number of rotatable bonds is 8. The van der Waals surface area contributed by atoms with Gasteiger partial charge >= 0.3 is 0 Å². The maximum atomic E-state index is 11.3. The maximum Gasteiger partial charge on any atom is 0.220 e. The highest BCUT2D eigenvalue weighted by molar-refractivity contribution is 9.10. The summed E-state index contributed by atoms with van der Waals surface area (Å²) in [4.78, 5) is 11.3. The molecule has 0 unspecified atom stereocenters. The van der Waals surface area contributed by atoms with Gasteiger partial charge < -0.3 is 15.8 Å². The molecule has 0 aliphatic carbocycles. The predicted octanol–water partition coefficient (Wildman–Crippen LogP) is 2.49. The lowest BCUT2D eigenvalue weighted by molar-refractivity contribution is -0.121. The summed E-state index contributed by atoms with van der Waals surface area (Å²) in [5.41, 5.74) is 5.29. The number of carbonyl (C=O) groups excluding carboxylic acids is 1. The number of benzene rings is 1. The van der Waals surface area contributed by atoms with E-state index in [-0.39, 0.29) is 18.3 Å². The fourth-order valence-corrected chi connectivity index (χ4v) is 1.67. The number of carbonyl (C=O) groups is 1. The minimum absolute atomic E-state index is 0. The van der Waals surface area contributed by atoms with Crippen LogP contribution in [0.2, 0.25) is 0 Å². The lowest BCUT2D eigenvalue weighted by atomic mass is 10.2. The highest BCUT2D eigenvalue weighted by atomic mass is 79.9. The van der Waals surface area contributed by atoms with E-state index in [1.54, 1.807) is 0 Å². The molecule has 0 atom stereocenters. The smallest absolute Gasteiger partial charge is 0.220 e. The van der Waals surface area contributed by atoms with Crippen molar-refractivity contribution in [3.8, 4) is 5.75 Å². The Morgan fingerprint density at radius 1 is 1.26 bits per heavy atom. The van der Waals surface area contributed by atoms with Crippen molar-refractivity contribution in [3.63, 3.8) is 0 Å². The monoisotopic (exact) mass is 350 g/mol. The van der Waals surface area contributed by atoms with Gasteiger partial charge in [-0.05, 0) is 37.1 Å². The van der Waals surface area contributed by atoms with E-state index in [0.29, 0.717) is 26.1 Å². The lowest BCUT2D eigenvalue weighted by Gasteiger charge is -2.06. The summed E-state index contributed by atoms with van der Waals surface area (Å²) in [6.07, 6.45) is 2.22. The van der Waals surface area contributed by atoms with Crippen LogP contribution in [0.3, 0.4) is 0 Å². The van der Waals surface area contributed by atoms with E-state index in [1.165, 1.54) is 0 Å². The zero-order valence-electron chi connectivity index (χ0n) is 10.7. The molecular formula is C13H20BrClN2O2. The number of ether oxygens (including phenoxy) is 1. The van der Waals surface area contributed by atoms with Crippen LogP contribution in [0, 0.1) is 0 Å². The van der Waals surface area contributed by atoms with E-state index in [2.05, 4.69) is 21.2 Å². The van der Waals surface area contributed by atoms with Crippen molar-refractivity contribution in [2.75, 3.05) is 19.7 Å². The van der Waals surface area contributed by atoms with Crippen molar-refractivity contribution in [2.24, 2.45) is 5.73 Å². The van der Waals surface area contributed by atoms with Crippen LogP contribution in [0.15, 0.2) is 28.7 Å². The zero-order chi connectivity index (χ0) is 13.2. The van der Waals surface area contributed by atoms with Crippen LogP contribution < -0.4 is 15.8 Å². The van der Waals surface area contributed by atoms with Gasteiger partial charge in [0.05, 0.1) is 6.61 Å². The molecule has 0 saturated heterocycles. The summed E-state index contributed by atoms with van der Waals surface area (Å²) >= 11 is 3.37. The van der Waals surface area contributed by atoms with Gasteiger partial charge in [0.2, 0.25) is 5.91 Å². The molecule has 0 heterocycles. The van der Waals surface area contributed by atoms with Crippen LogP contribution in [0.4, 0.5) is 0 Å². The molecule has 1 aromatic rings. The Hall–Kier alpha value is -0.780. The molecule has 1 rings (SSSR count). The third-order valence-corrected chi connectivity index (χ3v) is 2.88. The van der Waals surface area contributed by atoms with Crippen molar-refractivity contribution in [3.05, 3.63) is 28.7 Å². The molecule has 0 saturated carbocycles. The Labute approximate surface area is 128 Å². The molecule has 19 heavy (non-hydrogen) atoms. The molecule has 1 amide bonds. The van der Waals surface area contributed by atoms with Gasteiger partial charge in [-0.1, -0.05) is 15.9 Å². The van der Waals surface area contributed by atoms with Crippen LogP contribution in [0.25, 0.3) is 0 Å². The summed E-state index contributed by atoms with van der Waals surface area (Å²) in [6, 6.07) is 7.71. The fraction of sp³-hybridized carbons (Fsp3) is 0.462. The second-order valence-corrected chi connectivity index (χ2v) is 4.81. The Morgan fingerprint density at radius 2 is 1.95 bits per heavy atom. The molecular weight excluding hydrogens is 332 g/mol. The third-order valence-electron chi connectivity index (χ3n) is 2.35. The number of hydrogen-bond donors (Lipinski definition) is 2. The van der Waals surface area contributed by atoms with Crippen LogP contribution in [-0.4, -0.2) is 25.6 Å².